The van der Waals surface area contributed by atoms with Gasteiger partial charge in [0.15, 0.2) is 0 Å². The molecule has 3 heteroatoms. The van der Waals surface area contributed by atoms with E-state index in [9.17, 15) is 4.39 Å². The van der Waals surface area contributed by atoms with Gasteiger partial charge in [-0.1, -0.05) is 48.8 Å². The SMILES string of the molecule is CN(CC(C)(C)C)c1c(F)cccc1CBr. The van der Waals surface area contributed by atoms with Gasteiger partial charge in [-0.3, -0.25) is 0 Å². The number of hydrogen-bond acceptors (Lipinski definition) is 1. The number of nitrogens with zero attached hydrogens (tertiary/aromatic N) is 1. The molecule has 0 aliphatic heterocycles. The molecular weight excluding hydrogens is 269 g/mol. The first-order chi connectivity index (χ1) is 7.35. The third kappa shape index (κ3) is 3.48. The van der Waals surface area contributed by atoms with E-state index in [-0.39, 0.29) is 11.2 Å². The molecule has 0 radical (unpaired) electrons. The number of anilines is 1. The molecule has 0 saturated carbocycles. The van der Waals surface area contributed by atoms with Crippen LogP contribution in [0, 0.1) is 11.2 Å². The van der Waals surface area contributed by atoms with E-state index in [2.05, 4.69) is 36.7 Å². The molecule has 0 saturated heterocycles. The summed E-state index contributed by atoms with van der Waals surface area (Å²) in [5, 5.41) is 0.675. The molecule has 1 rings (SSSR count). The van der Waals surface area contributed by atoms with Gasteiger partial charge in [-0.2, -0.15) is 0 Å². The van der Waals surface area contributed by atoms with Crippen LogP contribution in [0.5, 0.6) is 0 Å². The fourth-order valence-corrected chi connectivity index (χ4v) is 2.34. The summed E-state index contributed by atoms with van der Waals surface area (Å²) in [5.41, 5.74) is 1.85. The lowest BCUT2D eigenvalue weighted by atomic mass is 9.96. The smallest absolute Gasteiger partial charge is 0.146 e. The number of rotatable bonds is 3. The van der Waals surface area contributed by atoms with E-state index in [0.717, 1.165) is 12.1 Å². The van der Waals surface area contributed by atoms with Crippen molar-refractivity contribution in [2.75, 3.05) is 18.5 Å². The summed E-state index contributed by atoms with van der Waals surface area (Å²) in [7, 11) is 1.94. The Hall–Kier alpha value is -0.570. The van der Waals surface area contributed by atoms with Crippen LogP contribution in [0.25, 0.3) is 0 Å². The van der Waals surface area contributed by atoms with Gasteiger partial charge in [-0.15, -0.1) is 0 Å². The fourth-order valence-electron chi connectivity index (χ4n) is 1.89. The van der Waals surface area contributed by atoms with Crippen molar-refractivity contribution in [2.24, 2.45) is 5.41 Å². The number of benzene rings is 1. The van der Waals surface area contributed by atoms with Gasteiger partial charge in [0.05, 0.1) is 5.69 Å². The molecule has 1 aromatic rings. The lowest BCUT2D eigenvalue weighted by molar-refractivity contribution is 0.416. The number of para-hydroxylation sites is 1. The zero-order valence-electron chi connectivity index (χ0n) is 10.3. The van der Waals surface area contributed by atoms with Crippen molar-refractivity contribution in [1.82, 2.24) is 0 Å². The maximum Gasteiger partial charge on any atom is 0.146 e. The average Bonchev–Trinajstić information content (AvgIpc) is 2.14. The summed E-state index contributed by atoms with van der Waals surface area (Å²) >= 11 is 3.40. The van der Waals surface area contributed by atoms with Crippen molar-refractivity contribution in [1.29, 1.82) is 0 Å². The van der Waals surface area contributed by atoms with Crippen molar-refractivity contribution >= 4 is 21.6 Å². The second-order valence-electron chi connectivity index (χ2n) is 5.30. The van der Waals surface area contributed by atoms with Crippen LogP contribution in [0.4, 0.5) is 10.1 Å². The summed E-state index contributed by atoms with van der Waals surface area (Å²) in [6.07, 6.45) is 0. The summed E-state index contributed by atoms with van der Waals surface area (Å²) in [6, 6.07) is 5.22. The number of halogens is 2. The lowest BCUT2D eigenvalue weighted by Crippen LogP contribution is -2.30. The minimum Gasteiger partial charge on any atom is -0.371 e. The molecule has 0 aliphatic carbocycles. The third-order valence-corrected chi connectivity index (χ3v) is 2.91. The molecular formula is C13H19BrFN. The van der Waals surface area contributed by atoms with Crippen LogP contribution in [0.15, 0.2) is 18.2 Å². The Labute approximate surface area is 106 Å². The summed E-state index contributed by atoms with van der Waals surface area (Å²) in [5.74, 6) is -0.149. The molecule has 1 aromatic carbocycles. The summed E-state index contributed by atoms with van der Waals surface area (Å²) in [6.45, 7) is 7.28. The Kier molecular flexibility index (Phi) is 4.36. The van der Waals surface area contributed by atoms with E-state index in [1.807, 2.05) is 18.0 Å². The minimum atomic E-state index is -0.149. The zero-order chi connectivity index (χ0) is 12.3. The predicted octanol–water partition coefficient (Wildman–Crippen LogP) is 4.20. The lowest BCUT2D eigenvalue weighted by Gasteiger charge is -2.29. The maximum atomic E-state index is 13.8. The van der Waals surface area contributed by atoms with Gasteiger partial charge in [0.2, 0.25) is 0 Å². The Bertz CT molecular complexity index is 357. The van der Waals surface area contributed by atoms with E-state index < -0.39 is 0 Å². The van der Waals surface area contributed by atoms with Gasteiger partial charge in [0.25, 0.3) is 0 Å². The first-order valence-electron chi connectivity index (χ1n) is 5.39. The molecule has 0 aliphatic rings. The minimum absolute atomic E-state index is 0.149. The van der Waals surface area contributed by atoms with Crippen LogP contribution in [0.3, 0.4) is 0 Å². The maximum absolute atomic E-state index is 13.8. The van der Waals surface area contributed by atoms with Crippen LogP contribution in [-0.4, -0.2) is 13.6 Å². The Morgan fingerprint density at radius 2 is 1.94 bits per heavy atom. The van der Waals surface area contributed by atoms with Crippen LogP contribution in [-0.2, 0) is 5.33 Å². The Morgan fingerprint density at radius 1 is 1.31 bits per heavy atom. The van der Waals surface area contributed by atoms with Crippen molar-refractivity contribution in [2.45, 2.75) is 26.1 Å². The number of hydrogen-bond donors (Lipinski definition) is 0. The molecule has 0 spiro atoms. The van der Waals surface area contributed by atoms with E-state index in [4.69, 9.17) is 0 Å². The topological polar surface area (TPSA) is 3.24 Å². The average molecular weight is 288 g/mol. The number of alkyl halides is 1. The monoisotopic (exact) mass is 287 g/mol. The van der Waals surface area contributed by atoms with Crippen molar-refractivity contribution in [3.8, 4) is 0 Å². The fraction of sp³-hybridized carbons (Fsp3) is 0.538. The predicted molar refractivity (Wildman–Crippen MR) is 71.8 cm³/mol. The molecule has 0 N–H and O–H groups in total. The standard InChI is InChI=1S/C13H19BrFN/c1-13(2,3)9-16(4)12-10(8-14)6-5-7-11(12)15/h5-7H,8-9H2,1-4H3. The van der Waals surface area contributed by atoms with Crippen LogP contribution >= 0.6 is 15.9 Å². The third-order valence-electron chi connectivity index (χ3n) is 2.31. The van der Waals surface area contributed by atoms with E-state index in [0.29, 0.717) is 11.0 Å². The molecule has 1 nitrogen and oxygen atoms in total. The van der Waals surface area contributed by atoms with E-state index in [1.165, 1.54) is 6.07 Å². The van der Waals surface area contributed by atoms with Crippen molar-refractivity contribution in [3.05, 3.63) is 29.6 Å². The van der Waals surface area contributed by atoms with E-state index >= 15 is 0 Å². The first kappa shape index (κ1) is 13.5. The Balaban J connectivity index is 3.02. The second kappa shape index (κ2) is 5.17. The van der Waals surface area contributed by atoms with Gasteiger partial charge in [-0.25, -0.2) is 4.39 Å². The molecule has 0 atom stereocenters. The Morgan fingerprint density at radius 3 is 2.44 bits per heavy atom. The first-order valence-corrected chi connectivity index (χ1v) is 6.52. The van der Waals surface area contributed by atoms with Crippen LogP contribution in [0.2, 0.25) is 0 Å². The van der Waals surface area contributed by atoms with E-state index in [1.54, 1.807) is 6.07 Å². The highest BCUT2D eigenvalue weighted by Gasteiger charge is 2.18. The highest BCUT2D eigenvalue weighted by molar-refractivity contribution is 9.08. The second-order valence-corrected chi connectivity index (χ2v) is 5.86. The highest BCUT2D eigenvalue weighted by atomic mass is 79.9. The van der Waals surface area contributed by atoms with Gasteiger partial charge in [0, 0.05) is 18.9 Å². The van der Waals surface area contributed by atoms with Gasteiger partial charge in [0.1, 0.15) is 5.82 Å². The molecule has 0 amide bonds. The molecule has 90 valence electrons. The summed E-state index contributed by atoms with van der Waals surface area (Å²) in [4.78, 5) is 1.99. The largest absolute Gasteiger partial charge is 0.371 e. The molecule has 16 heavy (non-hydrogen) atoms. The van der Waals surface area contributed by atoms with Gasteiger partial charge < -0.3 is 4.90 Å². The van der Waals surface area contributed by atoms with Crippen molar-refractivity contribution < 1.29 is 4.39 Å². The highest BCUT2D eigenvalue weighted by Crippen LogP contribution is 2.28. The summed E-state index contributed by atoms with van der Waals surface area (Å²) < 4.78 is 13.8. The normalized spacial score (nSPS) is 11.6. The quantitative estimate of drug-likeness (QED) is 0.753. The van der Waals surface area contributed by atoms with Gasteiger partial charge >= 0.3 is 0 Å². The molecule has 0 bridgehead atoms. The zero-order valence-corrected chi connectivity index (χ0v) is 11.9. The van der Waals surface area contributed by atoms with Crippen LogP contribution in [0.1, 0.15) is 26.3 Å². The molecule has 0 heterocycles. The molecule has 0 fully saturated rings. The van der Waals surface area contributed by atoms with Gasteiger partial charge in [-0.05, 0) is 17.0 Å². The molecule has 0 unspecified atom stereocenters. The molecule has 0 aromatic heterocycles. The van der Waals surface area contributed by atoms with Crippen molar-refractivity contribution in [3.63, 3.8) is 0 Å². The van der Waals surface area contributed by atoms with Crippen LogP contribution < -0.4 is 4.90 Å².